The zero-order valence-electron chi connectivity index (χ0n) is 24.5. The van der Waals surface area contributed by atoms with Crippen LogP contribution in [-0.4, -0.2) is 67.4 Å². The fraction of sp³-hybridized carbons (Fsp3) is 0.593. The van der Waals surface area contributed by atoms with Crippen LogP contribution < -0.4 is 27.0 Å². The number of amides is 5. The Balaban J connectivity index is 2.92. The quantitative estimate of drug-likeness (QED) is 0.108. The fourth-order valence-electron chi connectivity index (χ4n) is 3.70. The first-order chi connectivity index (χ1) is 18.8. The number of ether oxygens (including phenoxy) is 1. The summed E-state index contributed by atoms with van der Waals surface area (Å²) in [6, 6.07) is 4.36. The summed E-state index contributed by atoms with van der Waals surface area (Å²) < 4.78 is 4.97. The molecule has 0 radical (unpaired) electrons. The molecule has 6 N–H and O–H groups in total. The molecule has 11 nitrogen and oxygen atoms in total. The summed E-state index contributed by atoms with van der Waals surface area (Å²) in [5, 5.41) is 11.0. The fourth-order valence-corrected chi connectivity index (χ4v) is 4.89. The lowest BCUT2D eigenvalue weighted by Crippen LogP contribution is -2.55. The standard InChI is InChI=1S/C27H45BN5O6P/c1-6-27(5,7-2)40-16-21(34)33-22(17(3)4)24(36)32-20(9-8-14-30-26(29)38)23(35)31-19-12-10-18(11-13-19)15-39-25(28)37/h10-13,17,20,22,40H,6-9,14-16,28H2,1-5H3,(H,31,35)(H,32,36)(H,33,34)(H3,29,30,38)/t20-,22?/m0/s1. The van der Waals surface area contributed by atoms with Crippen LogP contribution in [0.3, 0.4) is 0 Å². The molecule has 0 bridgehead atoms. The number of nitrogens with two attached hydrogens (primary N) is 1. The van der Waals surface area contributed by atoms with Crippen molar-refractivity contribution in [3.8, 4) is 0 Å². The van der Waals surface area contributed by atoms with Gasteiger partial charge in [-0.25, -0.2) is 4.79 Å². The van der Waals surface area contributed by atoms with E-state index >= 15 is 0 Å². The molecule has 0 aliphatic heterocycles. The Morgan fingerprint density at radius 3 is 2.17 bits per heavy atom. The third-order valence-corrected chi connectivity index (χ3v) is 8.83. The molecule has 2 unspecified atom stereocenters. The number of anilines is 1. The first-order valence-electron chi connectivity index (χ1n) is 13.7. The minimum Gasteiger partial charge on any atom is -0.469 e. The molecule has 0 saturated heterocycles. The summed E-state index contributed by atoms with van der Waals surface area (Å²) >= 11 is 0. The molecule has 0 aromatic heterocycles. The summed E-state index contributed by atoms with van der Waals surface area (Å²) in [5.74, 6) is -1.70. The zero-order chi connectivity index (χ0) is 30.3. The molecule has 40 heavy (non-hydrogen) atoms. The van der Waals surface area contributed by atoms with Gasteiger partial charge in [-0.3, -0.25) is 19.2 Å². The van der Waals surface area contributed by atoms with Crippen LogP contribution in [0.25, 0.3) is 0 Å². The molecule has 0 saturated carbocycles. The van der Waals surface area contributed by atoms with E-state index in [2.05, 4.69) is 42.0 Å². The molecule has 1 rings (SSSR count). The Hall–Kier alpha value is -3.14. The van der Waals surface area contributed by atoms with Crippen LogP contribution in [-0.2, 0) is 25.7 Å². The molecular formula is C27H45BN5O6P. The predicted molar refractivity (Wildman–Crippen MR) is 161 cm³/mol. The van der Waals surface area contributed by atoms with Crippen molar-refractivity contribution >= 4 is 51.7 Å². The monoisotopic (exact) mass is 577 g/mol. The number of benzene rings is 1. The number of rotatable bonds is 17. The molecule has 0 fully saturated rings. The molecule has 13 heteroatoms. The van der Waals surface area contributed by atoms with Crippen molar-refractivity contribution in [3.05, 3.63) is 29.8 Å². The lowest BCUT2D eigenvalue weighted by Gasteiger charge is -2.28. The Kier molecular flexibility index (Phi) is 15.3. The highest BCUT2D eigenvalue weighted by Crippen LogP contribution is 2.37. The number of carbonyl (C=O) groups excluding carboxylic acids is 5. The SMILES string of the molecule is BC(=O)OCc1ccc(NC(=O)[C@H](CCCNC(N)=O)NC(=O)C(NC(=O)CPC(C)(CC)CC)C(C)C)cc1. The highest BCUT2D eigenvalue weighted by atomic mass is 31.1. The van der Waals surface area contributed by atoms with Crippen molar-refractivity contribution in [2.45, 2.75) is 84.1 Å². The second-order valence-electron chi connectivity index (χ2n) is 10.4. The molecule has 0 aliphatic rings. The Morgan fingerprint density at radius 1 is 1.02 bits per heavy atom. The summed E-state index contributed by atoms with van der Waals surface area (Å²) in [7, 11) is 1.76. The molecule has 222 valence electrons. The van der Waals surface area contributed by atoms with Crippen molar-refractivity contribution in [1.82, 2.24) is 16.0 Å². The van der Waals surface area contributed by atoms with Gasteiger partial charge in [0.05, 0.1) is 0 Å². The molecular weight excluding hydrogens is 532 g/mol. The van der Waals surface area contributed by atoms with E-state index in [4.69, 9.17) is 10.5 Å². The van der Waals surface area contributed by atoms with Gasteiger partial charge in [0.2, 0.25) is 31.4 Å². The topological polar surface area (TPSA) is 169 Å². The van der Waals surface area contributed by atoms with Gasteiger partial charge in [0.25, 0.3) is 0 Å². The summed E-state index contributed by atoms with van der Waals surface area (Å²) in [6.45, 7) is 10.4. The number of hydrogen-bond donors (Lipinski definition) is 5. The van der Waals surface area contributed by atoms with Crippen LogP contribution in [0, 0.1) is 5.92 Å². The Labute approximate surface area is 240 Å². The van der Waals surface area contributed by atoms with E-state index in [9.17, 15) is 24.0 Å². The van der Waals surface area contributed by atoms with E-state index < -0.39 is 35.8 Å². The van der Waals surface area contributed by atoms with Crippen LogP contribution >= 0.6 is 8.58 Å². The van der Waals surface area contributed by atoms with Crippen molar-refractivity contribution in [2.24, 2.45) is 11.7 Å². The van der Waals surface area contributed by atoms with Gasteiger partial charge >= 0.3 is 6.03 Å². The van der Waals surface area contributed by atoms with Gasteiger partial charge in [0.15, 0.2) is 0 Å². The van der Waals surface area contributed by atoms with E-state index in [1.54, 1.807) is 24.3 Å². The van der Waals surface area contributed by atoms with Gasteiger partial charge in [-0.15, -0.1) is 8.58 Å². The van der Waals surface area contributed by atoms with Gasteiger partial charge in [0.1, 0.15) is 18.7 Å². The molecule has 1 aromatic rings. The zero-order valence-corrected chi connectivity index (χ0v) is 25.5. The predicted octanol–water partition coefficient (Wildman–Crippen LogP) is 2.23. The second-order valence-corrected chi connectivity index (χ2v) is 12.3. The largest absolute Gasteiger partial charge is 0.469 e. The number of nitrogens with one attached hydrogen (secondary N) is 4. The minimum atomic E-state index is -0.925. The molecule has 3 atom stereocenters. The number of hydrogen-bond acceptors (Lipinski definition) is 6. The van der Waals surface area contributed by atoms with Gasteiger partial charge < -0.3 is 31.7 Å². The smallest absolute Gasteiger partial charge is 0.312 e. The maximum atomic E-state index is 13.3. The van der Waals surface area contributed by atoms with Crippen LogP contribution in [0.4, 0.5) is 15.3 Å². The summed E-state index contributed by atoms with van der Waals surface area (Å²) in [5.41, 5.74) is 6.37. The first kappa shape index (κ1) is 34.9. The summed E-state index contributed by atoms with van der Waals surface area (Å²) in [6.07, 6.45) is 2.90. The lowest BCUT2D eigenvalue weighted by molar-refractivity contribution is -0.131. The van der Waals surface area contributed by atoms with Crippen LogP contribution in [0.2, 0.25) is 0 Å². The molecule has 0 spiro atoms. The summed E-state index contributed by atoms with van der Waals surface area (Å²) in [4.78, 5) is 61.2. The Bertz CT molecular complexity index is 1000. The third kappa shape index (κ3) is 13.3. The van der Waals surface area contributed by atoms with Crippen LogP contribution in [0.1, 0.15) is 65.9 Å². The first-order valence-corrected chi connectivity index (χ1v) is 14.9. The molecule has 0 heterocycles. The normalized spacial score (nSPS) is 12.9. The van der Waals surface area contributed by atoms with Crippen LogP contribution in [0.5, 0.6) is 0 Å². The van der Waals surface area contributed by atoms with Crippen molar-refractivity contribution in [3.63, 3.8) is 0 Å². The van der Waals surface area contributed by atoms with Crippen molar-refractivity contribution in [2.75, 3.05) is 18.0 Å². The molecule has 5 amide bonds. The Morgan fingerprint density at radius 2 is 1.65 bits per heavy atom. The van der Waals surface area contributed by atoms with Gasteiger partial charge in [-0.05, 0) is 54.5 Å². The molecule has 0 aliphatic carbocycles. The number of primary amides is 1. The van der Waals surface area contributed by atoms with Crippen LogP contribution in [0.15, 0.2) is 24.3 Å². The van der Waals surface area contributed by atoms with E-state index in [1.165, 1.54) is 7.85 Å². The van der Waals surface area contributed by atoms with E-state index in [1.807, 2.05) is 13.8 Å². The highest BCUT2D eigenvalue weighted by molar-refractivity contribution is 7.41. The number of urea groups is 1. The van der Waals surface area contributed by atoms with Gasteiger partial charge in [-0.2, -0.15) is 0 Å². The average molecular weight is 577 g/mol. The average Bonchev–Trinajstić information content (AvgIpc) is 2.91. The lowest BCUT2D eigenvalue weighted by atomic mass is 10.0. The maximum Gasteiger partial charge on any atom is 0.312 e. The number of carbonyl (C=O) groups is 5. The van der Waals surface area contributed by atoms with Gasteiger partial charge in [0, 0.05) is 18.4 Å². The third-order valence-electron chi connectivity index (χ3n) is 6.77. The van der Waals surface area contributed by atoms with E-state index in [0.29, 0.717) is 26.9 Å². The maximum absolute atomic E-state index is 13.3. The van der Waals surface area contributed by atoms with Gasteiger partial charge in [-0.1, -0.05) is 46.8 Å². The van der Waals surface area contributed by atoms with Crippen molar-refractivity contribution in [1.29, 1.82) is 0 Å². The second kappa shape index (κ2) is 17.5. The highest BCUT2D eigenvalue weighted by Gasteiger charge is 2.29. The van der Waals surface area contributed by atoms with E-state index in [0.717, 1.165) is 18.4 Å². The minimum absolute atomic E-state index is 0.0910. The van der Waals surface area contributed by atoms with Crippen molar-refractivity contribution < 1.29 is 28.7 Å². The molecule has 1 aromatic carbocycles. The van der Waals surface area contributed by atoms with E-state index in [-0.39, 0.29) is 36.6 Å².